The zero-order valence-electron chi connectivity index (χ0n) is 15.7. The van der Waals surface area contributed by atoms with Gasteiger partial charge in [0, 0.05) is 17.0 Å². The Labute approximate surface area is 154 Å². The van der Waals surface area contributed by atoms with Crippen LogP contribution in [0.1, 0.15) is 31.9 Å². The van der Waals surface area contributed by atoms with E-state index in [2.05, 4.69) is 4.99 Å². The van der Waals surface area contributed by atoms with Gasteiger partial charge in [-0.3, -0.25) is 9.69 Å². The maximum absolute atomic E-state index is 12.5. The fourth-order valence-electron chi connectivity index (χ4n) is 2.76. The van der Waals surface area contributed by atoms with Crippen LogP contribution in [0.2, 0.25) is 0 Å². The van der Waals surface area contributed by atoms with Gasteiger partial charge in [0.15, 0.2) is 11.5 Å². The molecule has 136 valence electrons. The molecule has 1 amide bonds. The topological polar surface area (TPSA) is 51.1 Å². The Hall–Kier alpha value is -2.82. The van der Waals surface area contributed by atoms with Crippen molar-refractivity contribution in [1.29, 1.82) is 0 Å². The first-order chi connectivity index (χ1) is 12.4. The Morgan fingerprint density at radius 3 is 2.54 bits per heavy atom. The first-order valence-electron chi connectivity index (χ1n) is 8.61. The average Bonchev–Trinajstić information content (AvgIpc) is 2.64. The van der Waals surface area contributed by atoms with Crippen LogP contribution in [0.15, 0.2) is 47.5 Å². The molecule has 0 aliphatic carbocycles. The van der Waals surface area contributed by atoms with Crippen LogP contribution in [0.25, 0.3) is 0 Å². The summed E-state index contributed by atoms with van der Waals surface area (Å²) in [6, 6.07) is 13.7. The number of hydrogen-bond donors (Lipinski definition) is 0. The number of carbonyl (C=O) groups excluding carboxylic acids is 1. The van der Waals surface area contributed by atoms with E-state index in [0.717, 1.165) is 16.8 Å². The zero-order valence-corrected chi connectivity index (χ0v) is 15.7. The van der Waals surface area contributed by atoms with Gasteiger partial charge in [-0.25, -0.2) is 4.99 Å². The van der Waals surface area contributed by atoms with Gasteiger partial charge >= 0.3 is 0 Å². The fourth-order valence-corrected chi connectivity index (χ4v) is 2.76. The van der Waals surface area contributed by atoms with Crippen molar-refractivity contribution in [2.45, 2.75) is 33.9 Å². The summed E-state index contributed by atoms with van der Waals surface area (Å²) >= 11 is 0. The van der Waals surface area contributed by atoms with Crippen molar-refractivity contribution in [3.05, 3.63) is 53.6 Å². The van der Waals surface area contributed by atoms with E-state index in [0.29, 0.717) is 24.7 Å². The second-order valence-electron chi connectivity index (χ2n) is 7.33. The van der Waals surface area contributed by atoms with E-state index in [1.54, 1.807) is 18.3 Å². The van der Waals surface area contributed by atoms with Crippen molar-refractivity contribution >= 4 is 17.9 Å². The van der Waals surface area contributed by atoms with E-state index >= 15 is 0 Å². The molecule has 1 heterocycles. The molecule has 0 N–H and O–H groups in total. The van der Waals surface area contributed by atoms with E-state index < -0.39 is 5.41 Å². The molecule has 0 atom stereocenters. The summed E-state index contributed by atoms with van der Waals surface area (Å²) < 4.78 is 11.4. The second kappa shape index (κ2) is 7.20. The molecule has 2 aromatic rings. The lowest BCUT2D eigenvalue weighted by molar-refractivity contribution is -0.135. The van der Waals surface area contributed by atoms with Gasteiger partial charge in [-0.1, -0.05) is 51.1 Å². The fraction of sp³-hybridized carbons (Fsp3) is 0.333. The van der Waals surface area contributed by atoms with Crippen LogP contribution in [0.4, 0.5) is 5.69 Å². The molecule has 3 rings (SSSR count). The van der Waals surface area contributed by atoms with E-state index in [9.17, 15) is 4.79 Å². The molecule has 0 unspecified atom stereocenters. The Morgan fingerprint density at radius 1 is 1.15 bits per heavy atom. The smallest absolute Gasteiger partial charge is 0.233 e. The van der Waals surface area contributed by atoms with Crippen LogP contribution in [0.5, 0.6) is 11.5 Å². The van der Waals surface area contributed by atoms with E-state index in [4.69, 9.17) is 9.47 Å². The van der Waals surface area contributed by atoms with Crippen LogP contribution in [0, 0.1) is 5.41 Å². The Morgan fingerprint density at radius 2 is 1.88 bits per heavy atom. The summed E-state index contributed by atoms with van der Waals surface area (Å²) in [5.41, 5.74) is 2.37. The monoisotopic (exact) mass is 352 g/mol. The number of fused-ring (bicyclic) bond motifs is 1. The lowest BCUT2D eigenvalue weighted by atomic mass is 9.94. The summed E-state index contributed by atoms with van der Waals surface area (Å²) in [6.45, 7) is 6.64. The highest BCUT2D eigenvalue weighted by Crippen LogP contribution is 2.37. The third-order valence-electron chi connectivity index (χ3n) is 4.18. The molecule has 0 saturated carbocycles. The molecule has 0 bridgehead atoms. The van der Waals surface area contributed by atoms with Gasteiger partial charge in [-0.15, -0.1) is 0 Å². The first kappa shape index (κ1) is 18.0. The second-order valence-corrected chi connectivity index (χ2v) is 7.33. The standard InChI is InChI=1S/C21H24N2O3/c1-21(2,3)20(24)23-12-16-10-18(25-4)19(11-17(16)22-14-23)26-13-15-8-6-5-7-9-15/h5-11,14H,12-13H2,1-4H3. The van der Waals surface area contributed by atoms with Crippen LogP contribution in [-0.4, -0.2) is 24.3 Å². The lowest BCUT2D eigenvalue weighted by Crippen LogP contribution is -2.39. The minimum absolute atomic E-state index is 0.0373. The normalized spacial score (nSPS) is 13.3. The Balaban J connectivity index is 1.81. The van der Waals surface area contributed by atoms with Gasteiger partial charge < -0.3 is 9.47 Å². The number of hydrogen-bond acceptors (Lipinski definition) is 4. The zero-order chi connectivity index (χ0) is 18.7. The molecule has 5 nitrogen and oxygen atoms in total. The molecule has 0 spiro atoms. The number of rotatable bonds is 4. The van der Waals surface area contributed by atoms with Gasteiger partial charge in [0.1, 0.15) is 6.61 Å². The van der Waals surface area contributed by atoms with Crippen molar-refractivity contribution in [3.8, 4) is 11.5 Å². The number of benzene rings is 2. The average molecular weight is 352 g/mol. The van der Waals surface area contributed by atoms with E-state index in [-0.39, 0.29) is 5.91 Å². The van der Waals surface area contributed by atoms with Gasteiger partial charge in [-0.05, 0) is 11.6 Å². The lowest BCUT2D eigenvalue weighted by Gasteiger charge is -2.29. The van der Waals surface area contributed by atoms with E-state index in [1.807, 2.05) is 63.2 Å². The summed E-state index contributed by atoms with van der Waals surface area (Å²) in [4.78, 5) is 18.6. The van der Waals surface area contributed by atoms with Crippen molar-refractivity contribution in [2.24, 2.45) is 10.4 Å². The van der Waals surface area contributed by atoms with Crippen LogP contribution in [0.3, 0.4) is 0 Å². The summed E-state index contributed by atoms with van der Waals surface area (Å²) in [7, 11) is 1.61. The molecule has 0 aromatic heterocycles. The molecule has 1 aliphatic heterocycles. The van der Waals surface area contributed by atoms with Crippen molar-refractivity contribution in [2.75, 3.05) is 7.11 Å². The molecule has 2 aromatic carbocycles. The number of ether oxygens (including phenoxy) is 2. The predicted octanol–water partition coefficient (Wildman–Crippen LogP) is 4.32. The maximum atomic E-state index is 12.5. The molecule has 26 heavy (non-hydrogen) atoms. The summed E-state index contributed by atoms with van der Waals surface area (Å²) in [6.07, 6.45) is 1.60. The van der Waals surface area contributed by atoms with Crippen molar-refractivity contribution in [3.63, 3.8) is 0 Å². The minimum atomic E-state index is -0.452. The molecule has 1 aliphatic rings. The van der Waals surface area contributed by atoms with Crippen LogP contribution < -0.4 is 9.47 Å². The number of carbonyl (C=O) groups is 1. The quantitative estimate of drug-likeness (QED) is 0.823. The number of amides is 1. The molecule has 0 radical (unpaired) electrons. The van der Waals surface area contributed by atoms with Crippen molar-refractivity contribution in [1.82, 2.24) is 4.90 Å². The SMILES string of the molecule is COc1cc2c(cc1OCc1ccccc1)N=CN(C(=O)C(C)(C)C)C2. The molecule has 0 fully saturated rings. The van der Waals surface area contributed by atoms with Gasteiger partial charge in [0.2, 0.25) is 5.91 Å². The number of methoxy groups -OCH3 is 1. The molecular weight excluding hydrogens is 328 g/mol. The summed E-state index contributed by atoms with van der Waals surface area (Å²) in [5, 5.41) is 0. The van der Waals surface area contributed by atoms with Gasteiger partial charge in [0.25, 0.3) is 0 Å². The highest BCUT2D eigenvalue weighted by atomic mass is 16.5. The molecular formula is C21H24N2O3. The minimum Gasteiger partial charge on any atom is -0.493 e. The largest absolute Gasteiger partial charge is 0.493 e. The third kappa shape index (κ3) is 3.87. The van der Waals surface area contributed by atoms with Crippen LogP contribution in [-0.2, 0) is 17.9 Å². The Kier molecular flexibility index (Phi) is 4.98. The number of nitrogens with zero attached hydrogens (tertiary/aromatic N) is 2. The van der Waals surface area contributed by atoms with Gasteiger partial charge in [-0.2, -0.15) is 0 Å². The molecule has 0 saturated heterocycles. The first-order valence-corrected chi connectivity index (χ1v) is 8.61. The summed E-state index contributed by atoms with van der Waals surface area (Å²) in [5.74, 6) is 1.32. The van der Waals surface area contributed by atoms with E-state index in [1.165, 1.54) is 0 Å². The third-order valence-corrected chi connectivity index (χ3v) is 4.18. The number of aliphatic imine (C=N–C) groups is 1. The van der Waals surface area contributed by atoms with Gasteiger partial charge in [0.05, 0.1) is 25.7 Å². The highest BCUT2D eigenvalue weighted by Gasteiger charge is 2.29. The van der Waals surface area contributed by atoms with Crippen molar-refractivity contribution < 1.29 is 14.3 Å². The molecule has 5 heteroatoms. The maximum Gasteiger partial charge on any atom is 0.233 e. The highest BCUT2D eigenvalue weighted by molar-refractivity contribution is 5.93. The predicted molar refractivity (Wildman–Crippen MR) is 102 cm³/mol. The van der Waals surface area contributed by atoms with Crippen LogP contribution >= 0.6 is 0 Å². The Bertz CT molecular complexity index is 823.